The monoisotopic (exact) mass is 414 g/mol. The molecule has 4 rings (SSSR count). The Labute approximate surface area is 171 Å². The Kier molecular flexibility index (Phi) is 5.34. The highest BCUT2D eigenvalue weighted by Crippen LogP contribution is 2.30. The first-order valence-electron chi connectivity index (χ1n) is 9.66. The van der Waals surface area contributed by atoms with E-state index in [9.17, 15) is 18.0 Å². The second-order valence-electron chi connectivity index (χ2n) is 7.33. The molecule has 2 heterocycles. The molecule has 156 valence electrons. The van der Waals surface area contributed by atoms with Crippen LogP contribution < -0.4 is 10.6 Å². The fourth-order valence-corrected chi connectivity index (χ4v) is 3.71. The number of aromatic nitrogens is 2. The minimum absolute atomic E-state index is 0.0364. The van der Waals surface area contributed by atoms with Crippen LogP contribution in [0.4, 0.5) is 18.9 Å². The van der Waals surface area contributed by atoms with Crippen LogP contribution in [0.3, 0.4) is 0 Å². The van der Waals surface area contributed by atoms with Crippen molar-refractivity contribution >= 4 is 11.6 Å². The quantitative estimate of drug-likeness (QED) is 0.678. The average molecular weight is 414 g/mol. The lowest BCUT2D eigenvalue weighted by Crippen LogP contribution is -2.25. The number of carbonyl (C=O) groups is 1. The molecular weight excluding hydrogens is 393 g/mol. The van der Waals surface area contributed by atoms with Crippen molar-refractivity contribution in [1.29, 1.82) is 0 Å². The van der Waals surface area contributed by atoms with Gasteiger partial charge in [-0.25, -0.2) is 4.68 Å². The molecule has 0 saturated heterocycles. The zero-order valence-electron chi connectivity index (χ0n) is 16.4. The molecule has 5 nitrogen and oxygen atoms in total. The molecule has 2 N–H and O–H groups in total. The zero-order chi connectivity index (χ0) is 21.3. The van der Waals surface area contributed by atoms with Gasteiger partial charge in [0.2, 0.25) is 5.91 Å². The fraction of sp³-hybridized carbons (Fsp3) is 0.273. The SMILES string of the molecule is Cc1cc(CC(=O)Nc2cccc3c2CCNC3)nn1-c1cccc(C(F)(F)F)c1. The van der Waals surface area contributed by atoms with Gasteiger partial charge in [-0.15, -0.1) is 0 Å². The third-order valence-electron chi connectivity index (χ3n) is 5.11. The topological polar surface area (TPSA) is 59.0 Å². The van der Waals surface area contributed by atoms with Crippen LogP contribution >= 0.6 is 0 Å². The summed E-state index contributed by atoms with van der Waals surface area (Å²) >= 11 is 0. The van der Waals surface area contributed by atoms with E-state index in [0.717, 1.165) is 42.9 Å². The molecule has 1 aliphatic rings. The number of rotatable bonds is 4. The number of alkyl halides is 3. The van der Waals surface area contributed by atoms with Crippen LogP contribution in [-0.4, -0.2) is 22.2 Å². The lowest BCUT2D eigenvalue weighted by atomic mass is 9.99. The minimum Gasteiger partial charge on any atom is -0.325 e. The number of aryl methyl sites for hydroxylation is 1. The highest BCUT2D eigenvalue weighted by molar-refractivity contribution is 5.93. The third kappa shape index (κ3) is 4.23. The molecule has 30 heavy (non-hydrogen) atoms. The zero-order valence-corrected chi connectivity index (χ0v) is 16.4. The standard InChI is InChI=1S/C22H21F3N4O/c1-14-10-17(28-29(14)18-6-3-5-16(11-18)22(23,24)25)12-21(30)27-20-7-2-4-15-13-26-9-8-19(15)20/h2-7,10-11,26H,8-9,12-13H2,1H3,(H,27,30). The summed E-state index contributed by atoms with van der Waals surface area (Å²) in [4.78, 5) is 12.6. The number of carbonyl (C=O) groups excluding carboxylic acids is 1. The lowest BCUT2D eigenvalue weighted by Gasteiger charge is -2.20. The van der Waals surface area contributed by atoms with E-state index in [1.54, 1.807) is 19.1 Å². The second-order valence-corrected chi connectivity index (χ2v) is 7.33. The molecule has 8 heteroatoms. The number of benzene rings is 2. The van der Waals surface area contributed by atoms with Gasteiger partial charge in [-0.3, -0.25) is 4.79 Å². The van der Waals surface area contributed by atoms with Gasteiger partial charge >= 0.3 is 6.18 Å². The van der Waals surface area contributed by atoms with Crippen molar-refractivity contribution in [2.75, 3.05) is 11.9 Å². The smallest absolute Gasteiger partial charge is 0.325 e. The number of hydrogen-bond acceptors (Lipinski definition) is 3. The molecule has 0 spiro atoms. The molecule has 0 fully saturated rings. The summed E-state index contributed by atoms with van der Waals surface area (Å²) in [6, 6.07) is 12.5. The predicted octanol–water partition coefficient (Wildman–Crippen LogP) is 4.03. The van der Waals surface area contributed by atoms with E-state index in [-0.39, 0.29) is 12.3 Å². The molecule has 0 aliphatic carbocycles. The van der Waals surface area contributed by atoms with E-state index in [1.165, 1.54) is 16.3 Å². The number of hydrogen-bond donors (Lipinski definition) is 2. The van der Waals surface area contributed by atoms with Gasteiger partial charge in [-0.1, -0.05) is 18.2 Å². The number of nitrogens with zero attached hydrogens (tertiary/aromatic N) is 2. The Balaban J connectivity index is 1.51. The fourth-order valence-electron chi connectivity index (χ4n) is 3.71. The number of fused-ring (bicyclic) bond motifs is 1. The molecule has 0 atom stereocenters. The van der Waals surface area contributed by atoms with Crippen LogP contribution in [0.2, 0.25) is 0 Å². The van der Waals surface area contributed by atoms with Crippen molar-refractivity contribution in [2.45, 2.75) is 32.5 Å². The first kappa shape index (κ1) is 20.2. The van der Waals surface area contributed by atoms with Crippen LogP contribution in [0.1, 0.15) is 28.1 Å². The van der Waals surface area contributed by atoms with Crippen molar-refractivity contribution in [3.05, 3.63) is 76.6 Å². The van der Waals surface area contributed by atoms with Crippen molar-refractivity contribution in [2.24, 2.45) is 0 Å². The van der Waals surface area contributed by atoms with E-state index in [4.69, 9.17) is 0 Å². The van der Waals surface area contributed by atoms with E-state index in [0.29, 0.717) is 17.1 Å². The number of halogens is 3. The van der Waals surface area contributed by atoms with Crippen LogP contribution in [0.15, 0.2) is 48.5 Å². The van der Waals surface area contributed by atoms with Gasteiger partial charge in [0.15, 0.2) is 0 Å². The van der Waals surface area contributed by atoms with Gasteiger partial charge in [0.05, 0.1) is 23.4 Å². The summed E-state index contributed by atoms with van der Waals surface area (Å²) < 4.78 is 40.4. The molecule has 1 aliphatic heterocycles. The Morgan fingerprint density at radius 1 is 1.20 bits per heavy atom. The van der Waals surface area contributed by atoms with Crippen LogP contribution in [-0.2, 0) is 30.4 Å². The van der Waals surface area contributed by atoms with E-state index < -0.39 is 11.7 Å². The lowest BCUT2D eigenvalue weighted by molar-refractivity contribution is -0.137. The Morgan fingerprint density at radius 2 is 2.00 bits per heavy atom. The Hall–Kier alpha value is -3.13. The summed E-state index contributed by atoms with van der Waals surface area (Å²) in [5, 5.41) is 10.6. The summed E-state index contributed by atoms with van der Waals surface area (Å²) in [5.74, 6) is -0.212. The van der Waals surface area contributed by atoms with Gasteiger partial charge in [-0.2, -0.15) is 18.3 Å². The molecule has 0 unspecified atom stereocenters. The largest absolute Gasteiger partial charge is 0.416 e. The molecule has 1 amide bonds. The number of nitrogens with one attached hydrogen (secondary N) is 2. The molecule has 2 aromatic carbocycles. The highest BCUT2D eigenvalue weighted by atomic mass is 19.4. The van der Waals surface area contributed by atoms with Crippen LogP contribution in [0.25, 0.3) is 5.69 Å². The first-order valence-corrected chi connectivity index (χ1v) is 9.66. The number of anilines is 1. The van der Waals surface area contributed by atoms with E-state index in [2.05, 4.69) is 15.7 Å². The maximum atomic E-state index is 13.0. The van der Waals surface area contributed by atoms with Gasteiger partial charge in [0.1, 0.15) is 0 Å². The maximum absolute atomic E-state index is 13.0. The molecule has 0 saturated carbocycles. The van der Waals surface area contributed by atoms with Crippen LogP contribution in [0.5, 0.6) is 0 Å². The van der Waals surface area contributed by atoms with Gasteiger partial charge in [-0.05, 0) is 61.3 Å². The van der Waals surface area contributed by atoms with Gasteiger partial charge in [0.25, 0.3) is 0 Å². The molecule has 3 aromatic rings. The summed E-state index contributed by atoms with van der Waals surface area (Å²) in [6.45, 7) is 3.38. The molecule has 0 radical (unpaired) electrons. The minimum atomic E-state index is -4.43. The van der Waals surface area contributed by atoms with Gasteiger partial charge in [0, 0.05) is 17.9 Å². The second kappa shape index (κ2) is 7.95. The van der Waals surface area contributed by atoms with Crippen molar-refractivity contribution in [3.8, 4) is 5.69 Å². The summed E-state index contributed by atoms with van der Waals surface area (Å²) in [6.07, 6.45) is -3.55. The third-order valence-corrected chi connectivity index (χ3v) is 5.11. The van der Waals surface area contributed by atoms with Gasteiger partial charge < -0.3 is 10.6 Å². The Bertz CT molecular complexity index is 1090. The summed E-state index contributed by atoms with van der Waals surface area (Å²) in [5.41, 5.74) is 3.82. The molecular formula is C22H21F3N4O. The Morgan fingerprint density at radius 3 is 2.80 bits per heavy atom. The maximum Gasteiger partial charge on any atom is 0.416 e. The van der Waals surface area contributed by atoms with Crippen LogP contribution in [0, 0.1) is 6.92 Å². The molecule has 1 aromatic heterocycles. The predicted molar refractivity (Wildman–Crippen MR) is 107 cm³/mol. The molecule has 0 bridgehead atoms. The number of amides is 1. The van der Waals surface area contributed by atoms with Crippen molar-refractivity contribution < 1.29 is 18.0 Å². The van der Waals surface area contributed by atoms with Crippen molar-refractivity contribution in [1.82, 2.24) is 15.1 Å². The highest BCUT2D eigenvalue weighted by Gasteiger charge is 2.30. The average Bonchev–Trinajstić information content (AvgIpc) is 3.07. The summed E-state index contributed by atoms with van der Waals surface area (Å²) in [7, 11) is 0. The van der Waals surface area contributed by atoms with Crippen molar-refractivity contribution in [3.63, 3.8) is 0 Å². The first-order chi connectivity index (χ1) is 14.3. The van der Waals surface area contributed by atoms with E-state index in [1.807, 2.05) is 18.2 Å². The normalized spacial score (nSPS) is 13.7. The van der Waals surface area contributed by atoms with E-state index >= 15 is 0 Å².